The summed E-state index contributed by atoms with van der Waals surface area (Å²) in [6.07, 6.45) is 2.02. The van der Waals surface area contributed by atoms with Gasteiger partial charge in [0.2, 0.25) is 0 Å². The van der Waals surface area contributed by atoms with E-state index in [-0.39, 0.29) is 5.91 Å². The summed E-state index contributed by atoms with van der Waals surface area (Å²) in [7, 11) is 1.64. The number of rotatable bonds is 6. The van der Waals surface area contributed by atoms with Crippen molar-refractivity contribution in [2.45, 2.75) is 20.8 Å². The third-order valence-corrected chi connectivity index (χ3v) is 6.44. The number of carbonyl (C=O) groups excluding carboxylic acids is 1. The van der Waals surface area contributed by atoms with Gasteiger partial charge < -0.3 is 18.9 Å². The molecule has 2 heterocycles. The highest BCUT2D eigenvalue weighted by Gasteiger charge is 2.31. The average Bonchev–Trinajstić information content (AvgIpc) is 3.31. The van der Waals surface area contributed by atoms with Crippen LogP contribution in [-0.2, 0) is 4.79 Å². The Morgan fingerprint density at radius 2 is 1.49 bits per heavy atom. The first-order chi connectivity index (χ1) is 17.0. The number of para-hydroxylation sites is 1. The lowest BCUT2D eigenvalue weighted by Crippen LogP contribution is -2.25. The lowest BCUT2D eigenvalue weighted by molar-refractivity contribution is -0.112. The van der Waals surface area contributed by atoms with Crippen LogP contribution in [0.3, 0.4) is 0 Å². The van der Waals surface area contributed by atoms with Crippen LogP contribution in [0.5, 0.6) is 17.2 Å². The molecule has 0 N–H and O–H groups in total. The van der Waals surface area contributed by atoms with Crippen LogP contribution in [0.4, 0.5) is 5.69 Å². The van der Waals surface area contributed by atoms with Crippen LogP contribution in [0.1, 0.15) is 29.4 Å². The zero-order chi connectivity index (χ0) is 24.5. The molecule has 0 saturated carbocycles. The summed E-state index contributed by atoms with van der Waals surface area (Å²) >= 11 is 0. The summed E-state index contributed by atoms with van der Waals surface area (Å²) in [4.78, 5) is 15.0. The van der Waals surface area contributed by atoms with E-state index in [2.05, 4.69) is 24.5 Å². The molecule has 1 aliphatic heterocycles. The summed E-state index contributed by atoms with van der Waals surface area (Å²) in [6, 6.07) is 25.7. The van der Waals surface area contributed by atoms with Crippen LogP contribution in [0.15, 0.2) is 78.9 Å². The molecule has 0 spiro atoms. The van der Waals surface area contributed by atoms with E-state index in [0.717, 1.165) is 56.7 Å². The maximum atomic E-state index is 13.1. The zero-order valence-electron chi connectivity index (χ0n) is 20.4. The van der Waals surface area contributed by atoms with Gasteiger partial charge in [0.15, 0.2) is 0 Å². The van der Waals surface area contributed by atoms with Crippen LogP contribution in [0.2, 0.25) is 0 Å². The molecule has 0 fully saturated rings. The fourth-order valence-corrected chi connectivity index (χ4v) is 4.69. The van der Waals surface area contributed by atoms with Crippen molar-refractivity contribution in [3.63, 3.8) is 0 Å². The quantitative estimate of drug-likeness (QED) is 0.295. The molecule has 0 bridgehead atoms. The highest BCUT2D eigenvalue weighted by Crippen LogP contribution is 2.38. The maximum absolute atomic E-state index is 13.1. The minimum absolute atomic E-state index is 0.0542. The summed E-state index contributed by atoms with van der Waals surface area (Å²) in [5, 5.41) is 0. The van der Waals surface area contributed by atoms with Gasteiger partial charge >= 0.3 is 0 Å². The van der Waals surface area contributed by atoms with Crippen molar-refractivity contribution in [1.82, 2.24) is 4.57 Å². The number of amides is 1. The van der Waals surface area contributed by atoms with Crippen LogP contribution in [0.25, 0.3) is 17.3 Å². The van der Waals surface area contributed by atoms with Crippen molar-refractivity contribution in [2.24, 2.45) is 0 Å². The van der Waals surface area contributed by atoms with Gasteiger partial charge in [-0.2, -0.15) is 0 Å². The molecule has 0 saturated heterocycles. The molecule has 4 aromatic rings. The predicted octanol–water partition coefficient (Wildman–Crippen LogP) is 6.80. The number of hydrogen-bond acceptors (Lipinski definition) is 3. The van der Waals surface area contributed by atoms with Gasteiger partial charge in [0.05, 0.1) is 12.8 Å². The lowest BCUT2D eigenvalue weighted by Gasteiger charge is -2.13. The largest absolute Gasteiger partial charge is 0.497 e. The normalized spacial score (nSPS) is 13.9. The molecule has 1 aromatic heterocycles. The van der Waals surface area contributed by atoms with Gasteiger partial charge in [0.25, 0.3) is 5.91 Å². The first kappa shape index (κ1) is 22.5. The van der Waals surface area contributed by atoms with Crippen molar-refractivity contribution in [1.29, 1.82) is 0 Å². The molecule has 5 nitrogen and oxygen atoms in total. The number of benzene rings is 3. The van der Waals surface area contributed by atoms with Gasteiger partial charge in [0, 0.05) is 34.8 Å². The molecule has 35 heavy (non-hydrogen) atoms. The SMILES string of the molecule is CCN1C(=O)/C(=C/c2cc(C)n(-c3ccc(Oc4ccc(OC)cc4)cc3)c2C)c2ccccc21. The maximum Gasteiger partial charge on any atom is 0.258 e. The Balaban J connectivity index is 1.44. The summed E-state index contributed by atoms with van der Waals surface area (Å²) in [6.45, 7) is 6.83. The Hall–Kier alpha value is -4.25. The van der Waals surface area contributed by atoms with Crippen molar-refractivity contribution >= 4 is 23.2 Å². The summed E-state index contributed by atoms with van der Waals surface area (Å²) in [5.41, 5.74) is 6.98. The standard InChI is InChI=1S/C30H28N2O3/c1-5-31-29-9-7-6-8-27(29)28(30(31)33)19-22-18-20(2)32(21(22)3)23-10-12-25(13-11-23)35-26-16-14-24(34-4)15-17-26/h6-19H,5H2,1-4H3/b28-19+. The van der Waals surface area contributed by atoms with Gasteiger partial charge in [0.1, 0.15) is 17.2 Å². The predicted molar refractivity (Wildman–Crippen MR) is 141 cm³/mol. The molecule has 3 aromatic carbocycles. The van der Waals surface area contributed by atoms with E-state index in [1.54, 1.807) is 7.11 Å². The first-order valence-electron chi connectivity index (χ1n) is 11.7. The van der Waals surface area contributed by atoms with E-state index in [4.69, 9.17) is 9.47 Å². The number of fused-ring (bicyclic) bond motifs is 1. The number of carbonyl (C=O) groups is 1. The molecule has 5 heteroatoms. The second kappa shape index (κ2) is 9.18. The molecule has 0 unspecified atom stereocenters. The minimum Gasteiger partial charge on any atom is -0.497 e. The molecule has 5 rings (SSSR count). The fourth-order valence-electron chi connectivity index (χ4n) is 4.69. The van der Waals surface area contributed by atoms with E-state index in [1.807, 2.05) is 90.7 Å². The third kappa shape index (κ3) is 4.10. The summed E-state index contributed by atoms with van der Waals surface area (Å²) < 4.78 is 13.4. The van der Waals surface area contributed by atoms with Gasteiger partial charge in [-0.05, 0) is 93.1 Å². The second-order valence-electron chi connectivity index (χ2n) is 8.56. The molecule has 0 atom stereocenters. The number of ether oxygens (including phenoxy) is 2. The number of methoxy groups -OCH3 is 1. The zero-order valence-corrected chi connectivity index (χ0v) is 20.4. The van der Waals surface area contributed by atoms with E-state index in [0.29, 0.717) is 6.54 Å². The third-order valence-electron chi connectivity index (χ3n) is 6.44. The van der Waals surface area contributed by atoms with E-state index in [1.165, 1.54) is 0 Å². The van der Waals surface area contributed by atoms with Gasteiger partial charge in [-0.3, -0.25) is 4.79 Å². The molecular weight excluding hydrogens is 436 g/mol. The monoisotopic (exact) mass is 464 g/mol. The highest BCUT2D eigenvalue weighted by molar-refractivity contribution is 6.35. The molecule has 0 aliphatic carbocycles. The number of anilines is 1. The number of hydrogen-bond donors (Lipinski definition) is 0. The Kier molecular flexibility index (Phi) is 5.91. The fraction of sp³-hybridized carbons (Fsp3) is 0.167. The van der Waals surface area contributed by atoms with Gasteiger partial charge in [-0.1, -0.05) is 18.2 Å². The number of aromatic nitrogens is 1. The first-order valence-corrected chi connectivity index (χ1v) is 11.7. The number of likely N-dealkylation sites (N-methyl/N-ethyl adjacent to an activating group) is 1. The van der Waals surface area contributed by atoms with Crippen molar-refractivity contribution in [2.75, 3.05) is 18.6 Å². The molecule has 0 radical (unpaired) electrons. The van der Waals surface area contributed by atoms with E-state index < -0.39 is 0 Å². The Morgan fingerprint density at radius 1 is 0.857 bits per heavy atom. The lowest BCUT2D eigenvalue weighted by atomic mass is 10.0. The molecular formula is C30H28N2O3. The second-order valence-corrected chi connectivity index (χ2v) is 8.56. The van der Waals surface area contributed by atoms with Crippen LogP contribution < -0.4 is 14.4 Å². The molecule has 176 valence electrons. The molecule has 1 aliphatic rings. The number of nitrogens with zero attached hydrogens (tertiary/aromatic N) is 2. The highest BCUT2D eigenvalue weighted by atomic mass is 16.5. The average molecular weight is 465 g/mol. The Bertz CT molecular complexity index is 1410. The topological polar surface area (TPSA) is 43.7 Å². The smallest absolute Gasteiger partial charge is 0.258 e. The Morgan fingerprint density at radius 3 is 2.14 bits per heavy atom. The van der Waals surface area contributed by atoms with Gasteiger partial charge in [-0.25, -0.2) is 0 Å². The minimum atomic E-state index is 0.0542. The van der Waals surface area contributed by atoms with E-state index in [9.17, 15) is 4.79 Å². The van der Waals surface area contributed by atoms with Crippen molar-refractivity contribution < 1.29 is 14.3 Å². The summed E-state index contributed by atoms with van der Waals surface area (Å²) in [5.74, 6) is 2.36. The van der Waals surface area contributed by atoms with E-state index >= 15 is 0 Å². The molecule has 1 amide bonds. The number of aryl methyl sites for hydroxylation is 1. The van der Waals surface area contributed by atoms with Crippen molar-refractivity contribution in [3.8, 4) is 22.9 Å². The van der Waals surface area contributed by atoms with Crippen molar-refractivity contribution in [3.05, 3.63) is 101 Å². The van der Waals surface area contributed by atoms with Crippen LogP contribution in [0, 0.1) is 13.8 Å². The van der Waals surface area contributed by atoms with Crippen LogP contribution >= 0.6 is 0 Å². The van der Waals surface area contributed by atoms with Gasteiger partial charge in [-0.15, -0.1) is 0 Å². The van der Waals surface area contributed by atoms with Crippen LogP contribution in [-0.4, -0.2) is 24.1 Å². The Labute approximate surface area is 205 Å².